The molecule has 0 aliphatic rings. The highest BCUT2D eigenvalue weighted by atomic mass is 19.1. The third-order valence-corrected chi connectivity index (χ3v) is 2.49. The van der Waals surface area contributed by atoms with Gasteiger partial charge in [0.25, 0.3) is 0 Å². The van der Waals surface area contributed by atoms with Gasteiger partial charge < -0.3 is 10.6 Å². The standard InChI is InChI=1S/C12H12FN5/c1-17(2)12-10(7-14)11(15)18(16-12)9-5-3-4-8(13)6-9/h3-6H,15H2,1-2H3. The summed E-state index contributed by atoms with van der Waals surface area (Å²) in [7, 11) is 3.52. The first-order valence-corrected chi connectivity index (χ1v) is 5.26. The molecule has 0 amide bonds. The number of halogens is 1. The van der Waals surface area contributed by atoms with E-state index in [1.807, 2.05) is 6.07 Å². The Kier molecular flexibility index (Phi) is 2.90. The Labute approximate surface area is 104 Å². The van der Waals surface area contributed by atoms with Crippen molar-refractivity contribution in [1.29, 1.82) is 5.26 Å². The van der Waals surface area contributed by atoms with E-state index in [9.17, 15) is 4.39 Å². The molecule has 5 nitrogen and oxygen atoms in total. The van der Waals surface area contributed by atoms with Crippen LogP contribution < -0.4 is 10.6 Å². The SMILES string of the molecule is CN(C)c1nn(-c2cccc(F)c2)c(N)c1C#N. The first kappa shape index (κ1) is 11.9. The number of benzene rings is 1. The van der Waals surface area contributed by atoms with Gasteiger partial charge in [-0.3, -0.25) is 0 Å². The molecule has 0 fully saturated rings. The van der Waals surface area contributed by atoms with Crippen molar-refractivity contribution in [3.8, 4) is 11.8 Å². The van der Waals surface area contributed by atoms with Crippen LogP contribution in [0.3, 0.4) is 0 Å². The Balaban J connectivity index is 2.63. The molecule has 0 atom stereocenters. The Morgan fingerprint density at radius 3 is 2.67 bits per heavy atom. The normalized spacial score (nSPS) is 10.1. The van der Waals surface area contributed by atoms with Gasteiger partial charge in [-0.1, -0.05) is 6.07 Å². The second-order valence-corrected chi connectivity index (χ2v) is 3.98. The van der Waals surface area contributed by atoms with Crippen LogP contribution in [0.4, 0.5) is 16.0 Å². The number of hydrogen-bond acceptors (Lipinski definition) is 4. The summed E-state index contributed by atoms with van der Waals surface area (Å²) in [6.45, 7) is 0. The molecular weight excluding hydrogens is 233 g/mol. The average Bonchev–Trinajstić information content (AvgIpc) is 2.66. The van der Waals surface area contributed by atoms with Gasteiger partial charge in [0.2, 0.25) is 0 Å². The topological polar surface area (TPSA) is 70.9 Å². The number of nitrogen functional groups attached to an aromatic ring is 1. The quantitative estimate of drug-likeness (QED) is 0.871. The average molecular weight is 245 g/mol. The Bertz CT molecular complexity index is 624. The van der Waals surface area contributed by atoms with Crippen LogP contribution >= 0.6 is 0 Å². The van der Waals surface area contributed by atoms with Crippen LogP contribution in [-0.2, 0) is 0 Å². The number of hydrogen-bond donors (Lipinski definition) is 1. The highest BCUT2D eigenvalue weighted by Crippen LogP contribution is 2.25. The zero-order valence-corrected chi connectivity index (χ0v) is 10.1. The maximum absolute atomic E-state index is 13.2. The molecule has 1 heterocycles. The van der Waals surface area contributed by atoms with Gasteiger partial charge in [0, 0.05) is 14.1 Å². The summed E-state index contributed by atoms with van der Waals surface area (Å²) in [4.78, 5) is 1.69. The molecule has 0 bridgehead atoms. The minimum atomic E-state index is -0.382. The Morgan fingerprint density at radius 2 is 2.17 bits per heavy atom. The highest BCUT2D eigenvalue weighted by Gasteiger charge is 2.17. The fraction of sp³-hybridized carbons (Fsp3) is 0.167. The lowest BCUT2D eigenvalue weighted by atomic mass is 10.3. The van der Waals surface area contributed by atoms with Crippen LogP contribution in [0.2, 0.25) is 0 Å². The van der Waals surface area contributed by atoms with Gasteiger partial charge in [0.05, 0.1) is 5.69 Å². The number of anilines is 2. The van der Waals surface area contributed by atoms with E-state index in [4.69, 9.17) is 11.0 Å². The monoisotopic (exact) mass is 245 g/mol. The molecule has 0 unspecified atom stereocenters. The third-order valence-electron chi connectivity index (χ3n) is 2.49. The molecule has 2 aromatic rings. The molecular formula is C12H12FN5. The lowest BCUT2D eigenvalue weighted by Crippen LogP contribution is -2.11. The van der Waals surface area contributed by atoms with Crippen LogP contribution in [0.25, 0.3) is 5.69 Å². The second-order valence-electron chi connectivity index (χ2n) is 3.98. The molecule has 92 valence electrons. The molecule has 0 saturated carbocycles. The zero-order chi connectivity index (χ0) is 13.3. The van der Waals surface area contributed by atoms with Gasteiger partial charge >= 0.3 is 0 Å². The Hall–Kier alpha value is -2.55. The van der Waals surface area contributed by atoms with Crippen molar-refractivity contribution in [1.82, 2.24) is 9.78 Å². The molecule has 0 aliphatic carbocycles. The highest BCUT2D eigenvalue weighted by molar-refractivity contribution is 5.66. The lowest BCUT2D eigenvalue weighted by Gasteiger charge is -2.07. The predicted molar refractivity (Wildman–Crippen MR) is 67.0 cm³/mol. The van der Waals surface area contributed by atoms with Crippen molar-refractivity contribution >= 4 is 11.6 Å². The number of aromatic nitrogens is 2. The van der Waals surface area contributed by atoms with E-state index in [-0.39, 0.29) is 17.2 Å². The smallest absolute Gasteiger partial charge is 0.170 e. The van der Waals surface area contributed by atoms with Crippen LogP contribution in [0, 0.1) is 17.1 Å². The fourth-order valence-electron chi connectivity index (χ4n) is 1.64. The van der Waals surface area contributed by atoms with Crippen molar-refractivity contribution in [2.45, 2.75) is 0 Å². The van der Waals surface area contributed by atoms with Crippen molar-refractivity contribution in [2.75, 3.05) is 24.7 Å². The summed E-state index contributed by atoms with van der Waals surface area (Å²) in [5.41, 5.74) is 6.63. The number of rotatable bonds is 2. The van der Waals surface area contributed by atoms with Crippen LogP contribution in [0.15, 0.2) is 24.3 Å². The number of nitrogens with zero attached hydrogens (tertiary/aromatic N) is 4. The van der Waals surface area contributed by atoms with E-state index in [1.165, 1.54) is 16.8 Å². The molecule has 1 aromatic heterocycles. The van der Waals surface area contributed by atoms with Gasteiger partial charge in [-0.05, 0) is 18.2 Å². The molecule has 0 saturated heterocycles. The van der Waals surface area contributed by atoms with E-state index < -0.39 is 0 Å². The molecule has 0 spiro atoms. The number of nitrogens with two attached hydrogens (primary N) is 1. The molecule has 1 aromatic carbocycles. The van der Waals surface area contributed by atoms with Gasteiger partial charge in [-0.25, -0.2) is 9.07 Å². The summed E-state index contributed by atoms with van der Waals surface area (Å²) >= 11 is 0. The van der Waals surface area contributed by atoms with Gasteiger partial charge in [-0.15, -0.1) is 5.10 Å². The molecule has 0 radical (unpaired) electrons. The minimum absolute atomic E-state index is 0.201. The summed E-state index contributed by atoms with van der Waals surface area (Å²) in [6.07, 6.45) is 0. The van der Waals surface area contributed by atoms with E-state index in [0.29, 0.717) is 11.5 Å². The lowest BCUT2D eigenvalue weighted by molar-refractivity contribution is 0.625. The molecule has 0 aliphatic heterocycles. The van der Waals surface area contributed by atoms with E-state index in [1.54, 1.807) is 31.1 Å². The maximum Gasteiger partial charge on any atom is 0.170 e. The maximum atomic E-state index is 13.2. The van der Waals surface area contributed by atoms with Crippen LogP contribution in [-0.4, -0.2) is 23.9 Å². The van der Waals surface area contributed by atoms with Crippen molar-refractivity contribution in [3.05, 3.63) is 35.6 Å². The van der Waals surface area contributed by atoms with Gasteiger partial charge in [0.15, 0.2) is 5.82 Å². The minimum Gasteiger partial charge on any atom is -0.382 e. The summed E-state index contributed by atoms with van der Waals surface area (Å²) < 4.78 is 14.5. The second kappa shape index (κ2) is 4.37. The molecule has 2 N–H and O–H groups in total. The van der Waals surface area contributed by atoms with Crippen molar-refractivity contribution < 1.29 is 4.39 Å². The summed E-state index contributed by atoms with van der Waals surface area (Å²) in [6, 6.07) is 7.89. The van der Waals surface area contributed by atoms with Crippen LogP contribution in [0.1, 0.15) is 5.56 Å². The molecule has 18 heavy (non-hydrogen) atoms. The van der Waals surface area contributed by atoms with Crippen LogP contribution in [0.5, 0.6) is 0 Å². The summed E-state index contributed by atoms with van der Waals surface area (Å²) in [5, 5.41) is 13.3. The first-order chi connectivity index (χ1) is 8.54. The van der Waals surface area contributed by atoms with E-state index in [0.717, 1.165) is 0 Å². The number of nitriles is 1. The van der Waals surface area contributed by atoms with E-state index in [2.05, 4.69) is 5.10 Å². The zero-order valence-electron chi connectivity index (χ0n) is 10.1. The largest absolute Gasteiger partial charge is 0.382 e. The fourth-order valence-corrected chi connectivity index (χ4v) is 1.64. The van der Waals surface area contributed by atoms with E-state index >= 15 is 0 Å². The van der Waals surface area contributed by atoms with Crippen molar-refractivity contribution in [3.63, 3.8) is 0 Å². The third kappa shape index (κ3) is 1.86. The van der Waals surface area contributed by atoms with Gasteiger partial charge in [-0.2, -0.15) is 5.26 Å². The Morgan fingerprint density at radius 1 is 1.44 bits per heavy atom. The first-order valence-electron chi connectivity index (χ1n) is 5.26. The molecule has 6 heteroatoms. The predicted octanol–water partition coefficient (Wildman–Crippen LogP) is 1.53. The van der Waals surface area contributed by atoms with Crippen molar-refractivity contribution in [2.24, 2.45) is 0 Å². The molecule has 2 rings (SSSR count). The van der Waals surface area contributed by atoms with Gasteiger partial charge in [0.1, 0.15) is 23.3 Å². The summed E-state index contributed by atoms with van der Waals surface area (Å²) in [5.74, 6) is 0.276.